The Bertz CT molecular complexity index is 477. The molecule has 1 rings (SSSR count). The number of nitrogens with one attached hydrogen (secondary N) is 3. The first-order valence-electron chi connectivity index (χ1n) is 6.48. The van der Waals surface area contributed by atoms with Crippen molar-refractivity contribution in [3.8, 4) is 0 Å². The van der Waals surface area contributed by atoms with Crippen LogP contribution in [0.15, 0.2) is 28.7 Å². The van der Waals surface area contributed by atoms with E-state index in [0.29, 0.717) is 5.69 Å². The Balaban J connectivity index is 2.40. The fourth-order valence-electron chi connectivity index (χ4n) is 1.50. The Hall–Kier alpha value is -1.40. The van der Waals surface area contributed by atoms with Crippen molar-refractivity contribution in [1.29, 1.82) is 0 Å². The Morgan fingerprint density at radius 1 is 1.20 bits per heavy atom. The van der Waals surface area contributed by atoms with Gasteiger partial charge in [0, 0.05) is 10.5 Å². The third-order valence-electron chi connectivity index (χ3n) is 2.54. The van der Waals surface area contributed by atoms with Gasteiger partial charge in [0.15, 0.2) is 0 Å². The first-order valence-corrected chi connectivity index (χ1v) is 7.27. The molecule has 0 fully saturated rings. The zero-order valence-electron chi connectivity index (χ0n) is 11.9. The van der Waals surface area contributed by atoms with E-state index in [-0.39, 0.29) is 24.4 Å². The summed E-state index contributed by atoms with van der Waals surface area (Å²) in [7, 11) is 0. The molecule has 0 heterocycles. The number of para-hydroxylation sites is 1. The van der Waals surface area contributed by atoms with Crippen LogP contribution in [-0.2, 0) is 9.59 Å². The van der Waals surface area contributed by atoms with Crippen LogP contribution in [0.2, 0.25) is 0 Å². The van der Waals surface area contributed by atoms with Crippen molar-refractivity contribution in [3.63, 3.8) is 0 Å². The first-order chi connectivity index (χ1) is 9.40. The molecule has 0 saturated carbocycles. The summed E-state index contributed by atoms with van der Waals surface area (Å²) in [6, 6.07) is 7.03. The molecule has 0 aliphatic rings. The predicted octanol–water partition coefficient (Wildman–Crippen LogP) is 1.89. The van der Waals surface area contributed by atoms with Crippen LogP contribution in [0.25, 0.3) is 0 Å². The van der Waals surface area contributed by atoms with Crippen LogP contribution in [0.5, 0.6) is 0 Å². The Kier molecular flexibility index (Phi) is 6.67. The van der Waals surface area contributed by atoms with Gasteiger partial charge in [0.2, 0.25) is 11.8 Å². The molecule has 1 unspecified atom stereocenters. The van der Waals surface area contributed by atoms with Gasteiger partial charge in [-0.05, 0) is 48.8 Å². The maximum absolute atomic E-state index is 11.8. The lowest BCUT2D eigenvalue weighted by atomic mass is 10.2. The topological polar surface area (TPSA) is 70.2 Å². The summed E-state index contributed by atoms with van der Waals surface area (Å²) >= 11 is 3.36. The van der Waals surface area contributed by atoms with E-state index in [1.807, 2.05) is 32.0 Å². The summed E-state index contributed by atoms with van der Waals surface area (Å²) in [4.78, 5) is 23.5. The van der Waals surface area contributed by atoms with Crippen LogP contribution in [0, 0.1) is 0 Å². The zero-order valence-corrected chi connectivity index (χ0v) is 13.5. The number of hydrogen-bond donors (Lipinski definition) is 3. The predicted molar refractivity (Wildman–Crippen MR) is 83.5 cm³/mol. The van der Waals surface area contributed by atoms with Gasteiger partial charge in [-0.15, -0.1) is 0 Å². The van der Waals surface area contributed by atoms with Crippen molar-refractivity contribution < 1.29 is 9.59 Å². The largest absolute Gasteiger partial charge is 0.353 e. The van der Waals surface area contributed by atoms with Gasteiger partial charge in [-0.25, -0.2) is 0 Å². The van der Waals surface area contributed by atoms with Crippen LogP contribution < -0.4 is 16.0 Å². The lowest BCUT2D eigenvalue weighted by Crippen LogP contribution is -2.46. The minimum Gasteiger partial charge on any atom is -0.353 e. The van der Waals surface area contributed by atoms with Crippen LogP contribution in [-0.4, -0.2) is 30.4 Å². The van der Waals surface area contributed by atoms with Gasteiger partial charge in [-0.3, -0.25) is 14.9 Å². The summed E-state index contributed by atoms with van der Waals surface area (Å²) in [5.74, 6) is -0.310. The highest BCUT2D eigenvalue weighted by molar-refractivity contribution is 9.10. The molecule has 0 spiro atoms. The van der Waals surface area contributed by atoms with Gasteiger partial charge >= 0.3 is 0 Å². The minimum absolute atomic E-state index is 0.0774. The normalized spacial score (nSPS) is 12.1. The average molecular weight is 342 g/mol. The highest BCUT2D eigenvalue weighted by Gasteiger charge is 2.14. The average Bonchev–Trinajstić information content (AvgIpc) is 2.38. The van der Waals surface area contributed by atoms with Crippen LogP contribution >= 0.6 is 15.9 Å². The van der Waals surface area contributed by atoms with E-state index >= 15 is 0 Å². The fourth-order valence-corrected chi connectivity index (χ4v) is 1.89. The lowest BCUT2D eigenvalue weighted by molar-refractivity contribution is -0.123. The molecule has 5 nitrogen and oxygen atoms in total. The third-order valence-corrected chi connectivity index (χ3v) is 3.23. The van der Waals surface area contributed by atoms with Crippen molar-refractivity contribution >= 4 is 33.4 Å². The molecule has 1 aromatic rings. The molecule has 0 saturated heterocycles. The monoisotopic (exact) mass is 341 g/mol. The maximum Gasteiger partial charge on any atom is 0.238 e. The van der Waals surface area contributed by atoms with Gasteiger partial charge in [0.1, 0.15) is 0 Å². The number of carbonyl (C=O) groups is 2. The molecule has 0 radical (unpaired) electrons. The van der Waals surface area contributed by atoms with Crippen LogP contribution in [0.4, 0.5) is 5.69 Å². The van der Waals surface area contributed by atoms with Crippen molar-refractivity contribution in [3.05, 3.63) is 28.7 Å². The summed E-state index contributed by atoms with van der Waals surface area (Å²) in [5, 5.41) is 8.44. The Morgan fingerprint density at radius 3 is 2.45 bits per heavy atom. The van der Waals surface area contributed by atoms with E-state index in [4.69, 9.17) is 0 Å². The number of carbonyl (C=O) groups excluding carboxylic acids is 2. The molecule has 1 aromatic carbocycles. The quantitative estimate of drug-likeness (QED) is 0.739. The molecule has 0 aliphatic heterocycles. The van der Waals surface area contributed by atoms with Crippen molar-refractivity contribution in [2.75, 3.05) is 11.9 Å². The van der Waals surface area contributed by atoms with E-state index in [9.17, 15) is 9.59 Å². The molecule has 2 amide bonds. The Labute approximate surface area is 127 Å². The van der Waals surface area contributed by atoms with Gasteiger partial charge in [-0.1, -0.05) is 12.1 Å². The second-order valence-corrected chi connectivity index (χ2v) is 5.65. The van der Waals surface area contributed by atoms with E-state index < -0.39 is 6.04 Å². The molecule has 3 N–H and O–H groups in total. The number of benzene rings is 1. The molecule has 0 aromatic heterocycles. The van der Waals surface area contributed by atoms with Crippen LogP contribution in [0.1, 0.15) is 20.8 Å². The Morgan fingerprint density at radius 2 is 1.85 bits per heavy atom. The van der Waals surface area contributed by atoms with Crippen molar-refractivity contribution in [2.24, 2.45) is 0 Å². The van der Waals surface area contributed by atoms with Gasteiger partial charge in [0.25, 0.3) is 0 Å². The molecular formula is C14H20BrN3O2. The summed E-state index contributed by atoms with van der Waals surface area (Å²) in [6.45, 7) is 5.59. The zero-order chi connectivity index (χ0) is 15.1. The van der Waals surface area contributed by atoms with E-state index in [2.05, 4.69) is 31.9 Å². The van der Waals surface area contributed by atoms with Gasteiger partial charge in [0.05, 0.1) is 18.3 Å². The van der Waals surface area contributed by atoms with Gasteiger partial charge < -0.3 is 10.6 Å². The second-order valence-electron chi connectivity index (χ2n) is 4.79. The summed E-state index contributed by atoms with van der Waals surface area (Å²) in [5.41, 5.74) is 0.707. The SMILES string of the molecule is CC(C)NC(=O)C(C)NCC(=O)Nc1ccccc1Br. The highest BCUT2D eigenvalue weighted by atomic mass is 79.9. The van der Waals surface area contributed by atoms with Crippen molar-refractivity contribution in [1.82, 2.24) is 10.6 Å². The smallest absolute Gasteiger partial charge is 0.238 e. The lowest BCUT2D eigenvalue weighted by Gasteiger charge is -2.16. The number of rotatable bonds is 6. The molecular weight excluding hydrogens is 322 g/mol. The van der Waals surface area contributed by atoms with Crippen LogP contribution in [0.3, 0.4) is 0 Å². The van der Waals surface area contributed by atoms with Gasteiger partial charge in [-0.2, -0.15) is 0 Å². The van der Waals surface area contributed by atoms with E-state index in [1.165, 1.54) is 0 Å². The number of hydrogen-bond acceptors (Lipinski definition) is 3. The standard InChI is InChI=1S/C14H20BrN3O2/c1-9(2)17-14(20)10(3)16-8-13(19)18-12-7-5-4-6-11(12)15/h4-7,9-10,16H,8H2,1-3H3,(H,17,20)(H,18,19). The summed E-state index contributed by atoms with van der Waals surface area (Å²) < 4.78 is 0.818. The maximum atomic E-state index is 11.8. The van der Waals surface area contributed by atoms with E-state index in [0.717, 1.165) is 4.47 Å². The third kappa shape index (κ3) is 5.71. The molecule has 1 atom stereocenters. The number of amides is 2. The fraction of sp³-hybridized carbons (Fsp3) is 0.429. The molecule has 0 bridgehead atoms. The molecule has 6 heteroatoms. The van der Waals surface area contributed by atoms with Crippen molar-refractivity contribution in [2.45, 2.75) is 32.9 Å². The molecule has 110 valence electrons. The summed E-state index contributed by atoms with van der Waals surface area (Å²) in [6.07, 6.45) is 0. The first kappa shape index (κ1) is 16.7. The second kappa shape index (κ2) is 8.01. The highest BCUT2D eigenvalue weighted by Crippen LogP contribution is 2.20. The number of halogens is 1. The molecule has 0 aliphatic carbocycles. The minimum atomic E-state index is -0.414. The number of anilines is 1. The molecule has 20 heavy (non-hydrogen) atoms. The van der Waals surface area contributed by atoms with E-state index in [1.54, 1.807) is 13.0 Å².